The Bertz CT molecular complexity index is 306. The number of carbonyl (C=O) groups is 2. The molecule has 0 aromatic carbocycles. The molecule has 0 heterocycles. The molecule has 6 nitrogen and oxygen atoms in total. The van der Waals surface area contributed by atoms with Crippen molar-refractivity contribution in [3.63, 3.8) is 0 Å². The Hall–Kier alpha value is -1.30. The van der Waals surface area contributed by atoms with Crippen molar-refractivity contribution < 1.29 is 19.4 Å². The van der Waals surface area contributed by atoms with E-state index in [9.17, 15) is 9.59 Å². The second-order valence-corrected chi connectivity index (χ2v) is 5.05. The highest BCUT2D eigenvalue weighted by Gasteiger charge is 2.28. The molecular weight excluding hydrogens is 236 g/mol. The Morgan fingerprint density at radius 2 is 2.00 bits per heavy atom. The Morgan fingerprint density at radius 1 is 1.33 bits per heavy atom. The van der Waals surface area contributed by atoms with Gasteiger partial charge in [0.15, 0.2) is 0 Å². The van der Waals surface area contributed by atoms with E-state index in [1.807, 2.05) is 0 Å². The number of carboxylic acid groups (broad SMARTS) is 1. The number of rotatable bonds is 5. The van der Waals surface area contributed by atoms with Crippen LogP contribution in [0.25, 0.3) is 0 Å². The first-order valence-electron chi connectivity index (χ1n) is 6.26. The summed E-state index contributed by atoms with van der Waals surface area (Å²) >= 11 is 0. The van der Waals surface area contributed by atoms with Crippen LogP contribution in [0.3, 0.4) is 0 Å². The molecule has 0 bridgehead atoms. The molecule has 3 N–H and O–H groups in total. The van der Waals surface area contributed by atoms with E-state index in [-0.39, 0.29) is 18.1 Å². The van der Waals surface area contributed by atoms with Crippen LogP contribution in [-0.2, 0) is 9.53 Å². The zero-order valence-corrected chi connectivity index (χ0v) is 11.1. The van der Waals surface area contributed by atoms with E-state index in [0.29, 0.717) is 0 Å². The van der Waals surface area contributed by atoms with E-state index in [0.717, 1.165) is 19.3 Å². The molecule has 0 aliphatic heterocycles. The number of carboxylic acids is 1. The zero-order valence-electron chi connectivity index (χ0n) is 11.1. The van der Waals surface area contributed by atoms with Gasteiger partial charge in [0, 0.05) is 13.2 Å². The standard InChI is InChI=1S/C12H22N2O4/c1-7(2)10(11(15)16)14-12(17)13-8-4-5-9(6-8)18-3/h7-10H,4-6H2,1-3H3,(H,15,16)(H2,13,14,17)/t8?,9?,10-/m1/s1. The normalized spacial score (nSPS) is 24.9. The van der Waals surface area contributed by atoms with Crippen molar-refractivity contribution in [1.29, 1.82) is 0 Å². The van der Waals surface area contributed by atoms with E-state index in [1.54, 1.807) is 21.0 Å². The van der Waals surface area contributed by atoms with Crippen LogP contribution < -0.4 is 10.6 Å². The molecule has 1 rings (SSSR count). The van der Waals surface area contributed by atoms with Crippen molar-refractivity contribution in [2.75, 3.05) is 7.11 Å². The third-order valence-electron chi connectivity index (χ3n) is 3.27. The number of hydrogen-bond donors (Lipinski definition) is 3. The summed E-state index contributed by atoms with van der Waals surface area (Å²) in [7, 11) is 1.66. The lowest BCUT2D eigenvalue weighted by atomic mass is 10.1. The Labute approximate surface area is 107 Å². The summed E-state index contributed by atoms with van der Waals surface area (Å²) in [4.78, 5) is 22.6. The molecule has 1 saturated carbocycles. The number of ether oxygens (including phenoxy) is 1. The maximum atomic E-state index is 11.7. The highest BCUT2D eigenvalue weighted by Crippen LogP contribution is 2.21. The Morgan fingerprint density at radius 3 is 2.44 bits per heavy atom. The monoisotopic (exact) mass is 258 g/mol. The summed E-state index contributed by atoms with van der Waals surface area (Å²) in [5, 5.41) is 14.2. The van der Waals surface area contributed by atoms with Gasteiger partial charge in [-0.3, -0.25) is 0 Å². The van der Waals surface area contributed by atoms with Crippen molar-refractivity contribution in [1.82, 2.24) is 10.6 Å². The minimum Gasteiger partial charge on any atom is -0.480 e. The molecule has 0 aromatic rings. The number of hydrogen-bond acceptors (Lipinski definition) is 3. The van der Waals surface area contributed by atoms with Crippen molar-refractivity contribution in [2.45, 2.75) is 51.3 Å². The van der Waals surface area contributed by atoms with Gasteiger partial charge in [-0.15, -0.1) is 0 Å². The second-order valence-electron chi connectivity index (χ2n) is 5.05. The van der Waals surface area contributed by atoms with E-state index in [4.69, 9.17) is 9.84 Å². The van der Waals surface area contributed by atoms with Crippen molar-refractivity contribution in [2.24, 2.45) is 5.92 Å². The Kier molecular flexibility index (Phi) is 5.40. The number of carbonyl (C=O) groups excluding carboxylic acids is 1. The lowest BCUT2D eigenvalue weighted by Crippen LogP contribution is -2.50. The van der Waals surface area contributed by atoms with Gasteiger partial charge >= 0.3 is 12.0 Å². The van der Waals surface area contributed by atoms with Crippen LogP contribution in [0.1, 0.15) is 33.1 Å². The van der Waals surface area contributed by atoms with E-state index < -0.39 is 18.0 Å². The third-order valence-corrected chi connectivity index (χ3v) is 3.27. The van der Waals surface area contributed by atoms with Crippen LogP contribution in [0, 0.1) is 5.92 Å². The smallest absolute Gasteiger partial charge is 0.326 e. The van der Waals surface area contributed by atoms with Gasteiger partial charge in [0.1, 0.15) is 6.04 Å². The largest absolute Gasteiger partial charge is 0.480 e. The summed E-state index contributed by atoms with van der Waals surface area (Å²) in [6.07, 6.45) is 2.76. The molecule has 18 heavy (non-hydrogen) atoms. The Balaban J connectivity index is 2.39. The third kappa shape index (κ3) is 4.18. The molecular formula is C12H22N2O4. The molecule has 1 aliphatic rings. The van der Waals surface area contributed by atoms with E-state index in [1.165, 1.54) is 0 Å². The lowest BCUT2D eigenvalue weighted by molar-refractivity contribution is -0.140. The molecule has 6 heteroatoms. The van der Waals surface area contributed by atoms with Crippen LogP contribution in [0.5, 0.6) is 0 Å². The second kappa shape index (κ2) is 6.58. The molecule has 0 saturated heterocycles. The van der Waals surface area contributed by atoms with Gasteiger partial charge in [-0.25, -0.2) is 9.59 Å². The summed E-state index contributed by atoms with van der Waals surface area (Å²) in [6, 6.07) is -1.21. The topological polar surface area (TPSA) is 87.7 Å². The average molecular weight is 258 g/mol. The molecule has 0 aromatic heterocycles. The van der Waals surface area contributed by atoms with Gasteiger partial charge in [-0.1, -0.05) is 13.8 Å². The lowest BCUT2D eigenvalue weighted by Gasteiger charge is -2.20. The fraction of sp³-hybridized carbons (Fsp3) is 0.833. The average Bonchev–Trinajstić information content (AvgIpc) is 2.72. The maximum Gasteiger partial charge on any atom is 0.326 e. The quantitative estimate of drug-likeness (QED) is 0.685. The molecule has 104 valence electrons. The number of aliphatic carboxylic acids is 1. The van der Waals surface area contributed by atoms with Gasteiger partial charge < -0.3 is 20.5 Å². The van der Waals surface area contributed by atoms with Crippen LogP contribution in [0.4, 0.5) is 4.79 Å². The summed E-state index contributed by atoms with van der Waals surface area (Å²) < 4.78 is 5.21. The van der Waals surface area contributed by atoms with Crippen LogP contribution >= 0.6 is 0 Å². The summed E-state index contributed by atoms with van der Waals surface area (Å²) in [5.74, 6) is -1.16. The van der Waals surface area contributed by atoms with Gasteiger partial charge in [-0.2, -0.15) is 0 Å². The number of urea groups is 1. The highest BCUT2D eigenvalue weighted by atomic mass is 16.5. The molecule has 0 radical (unpaired) electrons. The highest BCUT2D eigenvalue weighted by molar-refractivity contribution is 5.82. The SMILES string of the molecule is COC1CCC(NC(=O)N[C@@H](C(=O)O)C(C)C)C1. The molecule has 1 aliphatic carbocycles. The van der Waals surface area contributed by atoms with E-state index >= 15 is 0 Å². The minimum atomic E-state index is -1.01. The predicted molar refractivity (Wildman–Crippen MR) is 66.4 cm³/mol. The minimum absolute atomic E-state index is 0.0663. The molecule has 3 atom stereocenters. The fourth-order valence-corrected chi connectivity index (χ4v) is 2.17. The number of methoxy groups -OCH3 is 1. The van der Waals surface area contributed by atoms with Crippen molar-refractivity contribution >= 4 is 12.0 Å². The van der Waals surface area contributed by atoms with Crippen molar-refractivity contribution in [3.05, 3.63) is 0 Å². The van der Waals surface area contributed by atoms with Gasteiger partial charge in [0.05, 0.1) is 6.10 Å². The first kappa shape index (κ1) is 14.8. The maximum absolute atomic E-state index is 11.7. The van der Waals surface area contributed by atoms with Gasteiger partial charge in [0.25, 0.3) is 0 Å². The number of amides is 2. The summed E-state index contributed by atoms with van der Waals surface area (Å²) in [5.41, 5.74) is 0. The zero-order chi connectivity index (χ0) is 13.7. The molecule has 2 unspecified atom stereocenters. The predicted octanol–water partition coefficient (Wildman–Crippen LogP) is 0.962. The first-order chi connectivity index (χ1) is 8.43. The summed E-state index contributed by atoms with van der Waals surface area (Å²) in [6.45, 7) is 3.52. The van der Waals surface area contributed by atoms with Gasteiger partial charge in [0.2, 0.25) is 0 Å². The van der Waals surface area contributed by atoms with E-state index in [2.05, 4.69) is 10.6 Å². The van der Waals surface area contributed by atoms with Crippen LogP contribution in [0.15, 0.2) is 0 Å². The first-order valence-corrected chi connectivity index (χ1v) is 6.26. The molecule has 1 fully saturated rings. The molecule has 0 spiro atoms. The van der Waals surface area contributed by atoms with Crippen LogP contribution in [-0.4, -0.2) is 42.4 Å². The van der Waals surface area contributed by atoms with Gasteiger partial charge in [-0.05, 0) is 25.2 Å². The van der Waals surface area contributed by atoms with Crippen molar-refractivity contribution in [3.8, 4) is 0 Å². The number of nitrogens with one attached hydrogen (secondary N) is 2. The fourth-order valence-electron chi connectivity index (χ4n) is 2.17. The van der Waals surface area contributed by atoms with Crippen LogP contribution in [0.2, 0.25) is 0 Å². The molecule has 2 amide bonds.